The Labute approximate surface area is 126 Å². The first-order chi connectivity index (χ1) is 9.93. The van der Waals surface area contributed by atoms with E-state index in [1.165, 1.54) is 6.07 Å². The lowest BCUT2D eigenvalue weighted by molar-refractivity contribution is 0.439. The first kappa shape index (κ1) is 15.5. The zero-order chi connectivity index (χ0) is 15.6. The van der Waals surface area contributed by atoms with Crippen LogP contribution in [0, 0.1) is 5.82 Å². The molecule has 1 aromatic carbocycles. The summed E-state index contributed by atoms with van der Waals surface area (Å²) >= 11 is 0. The van der Waals surface area contributed by atoms with Crippen LogP contribution in [0.3, 0.4) is 0 Å². The third kappa shape index (κ3) is 3.26. The van der Waals surface area contributed by atoms with Gasteiger partial charge in [0, 0.05) is 42.3 Å². The molecule has 0 bridgehead atoms. The monoisotopic (exact) mass is 306 g/mol. The Kier molecular flexibility index (Phi) is 4.66. The standard InChI is InChI=1S/C15H20FN4P/c1-20-8-9(6-10(7-17)15(20)19)2-3-11-12(16)4-5-13(18)14(11)21/h2-6H,7-8,17-19,21H2,1H3. The van der Waals surface area contributed by atoms with E-state index in [-0.39, 0.29) is 5.82 Å². The summed E-state index contributed by atoms with van der Waals surface area (Å²) in [5.74, 6) is 0.376. The van der Waals surface area contributed by atoms with Crippen molar-refractivity contribution in [2.45, 2.75) is 0 Å². The fraction of sp³-hybridized carbons (Fsp3) is 0.200. The summed E-state index contributed by atoms with van der Waals surface area (Å²) < 4.78 is 13.9. The maximum absolute atomic E-state index is 13.9. The van der Waals surface area contributed by atoms with Crippen molar-refractivity contribution in [3.8, 4) is 0 Å². The van der Waals surface area contributed by atoms with E-state index in [4.69, 9.17) is 17.2 Å². The Morgan fingerprint density at radius 1 is 1.33 bits per heavy atom. The lowest BCUT2D eigenvalue weighted by Gasteiger charge is -2.26. The first-order valence-corrected chi connectivity index (χ1v) is 7.13. The number of nitrogens with zero attached hydrogens (tertiary/aromatic N) is 1. The zero-order valence-electron chi connectivity index (χ0n) is 11.9. The van der Waals surface area contributed by atoms with Gasteiger partial charge < -0.3 is 22.1 Å². The van der Waals surface area contributed by atoms with E-state index in [1.807, 2.05) is 24.1 Å². The predicted octanol–water partition coefficient (Wildman–Crippen LogP) is 0.922. The summed E-state index contributed by atoms with van der Waals surface area (Å²) in [5.41, 5.74) is 20.3. The predicted molar refractivity (Wildman–Crippen MR) is 90.2 cm³/mol. The topological polar surface area (TPSA) is 81.3 Å². The van der Waals surface area contributed by atoms with Crippen LogP contribution in [-0.2, 0) is 0 Å². The molecule has 6 N–H and O–H groups in total. The molecule has 2 rings (SSSR count). The summed E-state index contributed by atoms with van der Waals surface area (Å²) in [6.45, 7) is 1.02. The van der Waals surface area contributed by atoms with Crippen molar-refractivity contribution in [3.63, 3.8) is 0 Å². The van der Waals surface area contributed by atoms with Crippen molar-refractivity contribution >= 4 is 26.3 Å². The fourth-order valence-corrected chi connectivity index (χ4v) is 2.53. The van der Waals surface area contributed by atoms with E-state index in [0.29, 0.717) is 35.5 Å². The zero-order valence-corrected chi connectivity index (χ0v) is 13.1. The second-order valence-electron chi connectivity index (χ2n) is 4.99. The van der Waals surface area contributed by atoms with Gasteiger partial charge in [-0.2, -0.15) is 0 Å². The Bertz CT molecular complexity index is 649. The number of likely N-dealkylation sites (N-methyl/N-ethyl adjacent to an activating group) is 1. The van der Waals surface area contributed by atoms with Crippen LogP contribution in [0.5, 0.6) is 0 Å². The lowest BCUT2D eigenvalue weighted by atomic mass is 10.0. The molecule has 6 heteroatoms. The van der Waals surface area contributed by atoms with Gasteiger partial charge in [0.2, 0.25) is 0 Å². The Hall–Kier alpha value is -1.84. The summed E-state index contributed by atoms with van der Waals surface area (Å²) in [4.78, 5) is 1.92. The molecule has 0 spiro atoms. The third-order valence-corrected chi connectivity index (χ3v) is 4.12. The van der Waals surface area contributed by atoms with Crippen LogP contribution in [0.2, 0.25) is 0 Å². The summed E-state index contributed by atoms with van der Waals surface area (Å²) in [6, 6.07) is 2.92. The van der Waals surface area contributed by atoms with Crippen LogP contribution in [0.25, 0.3) is 6.08 Å². The van der Waals surface area contributed by atoms with Gasteiger partial charge in [-0.25, -0.2) is 4.39 Å². The number of nitrogen functional groups attached to an aromatic ring is 1. The maximum Gasteiger partial charge on any atom is 0.131 e. The average molecular weight is 306 g/mol. The van der Waals surface area contributed by atoms with Gasteiger partial charge in [-0.3, -0.25) is 0 Å². The highest BCUT2D eigenvalue weighted by molar-refractivity contribution is 7.28. The second kappa shape index (κ2) is 6.29. The minimum atomic E-state index is -0.302. The molecule has 1 atom stereocenters. The molecule has 0 saturated heterocycles. The number of anilines is 1. The van der Waals surface area contributed by atoms with Gasteiger partial charge in [0.25, 0.3) is 0 Å². The van der Waals surface area contributed by atoms with Gasteiger partial charge in [-0.05, 0) is 23.8 Å². The van der Waals surface area contributed by atoms with E-state index >= 15 is 0 Å². The van der Waals surface area contributed by atoms with Crippen LogP contribution < -0.4 is 22.5 Å². The lowest BCUT2D eigenvalue weighted by Crippen LogP contribution is -2.31. The Morgan fingerprint density at radius 2 is 2.05 bits per heavy atom. The molecule has 0 aliphatic carbocycles. The van der Waals surface area contributed by atoms with Gasteiger partial charge in [-0.15, -0.1) is 9.24 Å². The maximum atomic E-state index is 13.9. The number of hydrogen-bond acceptors (Lipinski definition) is 4. The van der Waals surface area contributed by atoms with E-state index in [9.17, 15) is 4.39 Å². The molecule has 21 heavy (non-hydrogen) atoms. The normalized spacial score (nSPS) is 15.8. The van der Waals surface area contributed by atoms with Crippen LogP contribution >= 0.6 is 9.24 Å². The molecule has 0 radical (unpaired) electrons. The number of nitrogens with two attached hydrogens (primary N) is 3. The molecule has 0 aromatic heterocycles. The summed E-state index contributed by atoms with van der Waals surface area (Å²) in [6.07, 6.45) is 5.53. The molecule has 4 nitrogen and oxygen atoms in total. The van der Waals surface area contributed by atoms with E-state index < -0.39 is 0 Å². The minimum Gasteiger partial charge on any atom is -0.398 e. The highest BCUT2D eigenvalue weighted by atomic mass is 31.0. The quantitative estimate of drug-likeness (QED) is 0.573. The molecule has 0 saturated carbocycles. The van der Waals surface area contributed by atoms with Gasteiger partial charge in [0.1, 0.15) is 11.6 Å². The second-order valence-corrected chi connectivity index (χ2v) is 5.56. The molecule has 1 unspecified atom stereocenters. The highest BCUT2D eigenvalue weighted by Gasteiger charge is 2.13. The fourth-order valence-electron chi connectivity index (χ4n) is 2.20. The SMILES string of the molecule is CN1CC(C=Cc2c(F)ccc(N)c2P)=CC(CN)=C1N. The molecule has 1 aromatic rings. The molecule has 0 amide bonds. The van der Waals surface area contributed by atoms with Crippen molar-refractivity contribution in [1.82, 2.24) is 4.90 Å². The van der Waals surface area contributed by atoms with E-state index in [0.717, 1.165) is 11.1 Å². The van der Waals surface area contributed by atoms with E-state index in [1.54, 1.807) is 12.1 Å². The van der Waals surface area contributed by atoms with E-state index in [2.05, 4.69) is 9.24 Å². The summed E-state index contributed by atoms with van der Waals surface area (Å²) in [5, 5.41) is 0.658. The molecule has 112 valence electrons. The van der Waals surface area contributed by atoms with Crippen molar-refractivity contribution in [2.24, 2.45) is 11.5 Å². The number of benzene rings is 1. The van der Waals surface area contributed by atoms with Crippen LogP contribution in [-0.4, -0.2) is 25.0 Å². The first-order valence-electron chi connectivity index (χ1n) is 6.56. The molecule has 1 aliphatic heterocycles. The minimum absolute atomic E-state index is 0.302. The van der Waals surface area contributed by atoms with Gasteiger partial charge >= 0.3 is 0 Å². The third-order valence-electron chi connectivity index (χ3n) is 3.47. The Morgan fingerprint density at radius 3 is 2.71 bits per heavy atom. The number of rotatable bonds is 3. The van der Waals surface area contributed by atoms with Crippen molar-refractivity contribution in [1.29, 1.82) is 0 Å². The van der Waals surface area contributed by atoms with Gasteiger partial charge in [0.05, 0.1) is 0 Å². The van der Waals surface area contributed by atoms with Crippen molar-refractivity contribution < 1.29 is 4.39 Å². The van der Waals surface area contributed by atoms with Crippen molar-refractivity contribution in [2.75, 3.05) is 25.9 Å². The van der Waals surface area contributed by atoms with Crippen LogP contribution in [0.15, 0.2) is 41.3 Å². The largest absolute Gasteiger partial charge is 0.398 e. The van der Waals surface area contributed by atoms with Crippen LogP contribution in [0.1, 0.15) is 5.56 Å². The average Bonchev–Trinajstić information content (AvgIpc) is 2.46. The van der Waals surface area contributed by atoms with Crippen molar-refractivity contribution in [3.05, 3.63) is 52.6 Å². The van der Waals surface area contributed by atoms with Gasteiger partial charge in [-0.1, -0.05) is 12.2 Å². The molecule has 0 fully saturated rings. The molecular formula is C15H20FN4P. The van der Waals surface area contributed by atoms with Crippen LogP contribution in [0.4, 0.5) is 10.1 Å². The molecular weight excluding hydrogens is 286 g/mol. The smallest absolute Gasteiger partial charge is 0.131 e. The molecule has 1 aliphatic rings. The number of hydrogen-bond donors (Lipinski definition) is 3. The highest BCUT2D eigenvalue weighted by Crippen LogP contribution is 2.19. The summed E-state index contributed by atoms with van der Waals surface area (Å²) in [7, 11) is 4.37. The van der Waals surface area contributed by atoms with Gasteiger partial charge in [0.15, 0.2) is 0 Å². The number of halogens is 1. The Balaban J connectivity index is 2.33. The molecule has 1 heterocycles.